The minimum atomic E-state index is 0.0223. The first-order valence-electron chi connectivity index (χ1n) is 3.14. The van der Waals surface area contributed by atoms with Gasteiger partial charge >= 0.3 is 0 Å². The van der Waals surface area contributed by atoms with Crippen molar-refractivity contribution in [2.45, 2.75) is 6.42 Å². The van der Waals surface area contributed by atoms with Crippen LogP contribution < -0.4 is 5.73 Å². The molecule has 0 amide bonds. The third kappa shape index (κ3) is 1.37. The zero-order valence-corrected chi connectivity index (χ0v) is 5.59. The smallest absolute Gasteiger partial charge is 0.249 e. The van der Waals surface area contributed by atoms with E-state index >= 15 is 0 Å². The molecule has 54 valence electrons. The Hall–Kier alpha value is -1.25. The molecule has 0 aromatic heterocycles. The third-order valence-corrected chi connectivity index (χ3v) is 1.50. The van der Waals surface area contributed by atoms with Gasteiger partial charge in [-0.15, -0.1) is 0 Å². The number of allylic oxidation sites excluding steroid dienone is 2. The third-order valence-electron chi connectivity index (χ3n) is 1.50. The van der Waals surface area contributed by atoms with Crippen LogP contribution >= 0.6 is 0 Å². The molecule has 0 saturated heterocycles. The van der Waals surface area contributed by atoms with Crippen LogP contribution in [0.5, 0.6) is 0 Å². The lowest BCUT2D eigenvalue weighted by atomic mass is 9.99. The molecule has 0 spiro atoms. The number of hydrogen-bond donors (Lipinski definition) is 2. The van der Waals surface area contributed by atoms with E-state index in [1.807, 2.05) is 0 Å². The fourth-order valence-electron chi connectivity index (χ4n) is 0.851. The molecular weight excluding hydrogens is 128 g/mol. The molecule has 0 aliphatic heterocycles. The summed E-state index contributed by atoms with van der Waals surface area (Å²) in [6.07, 6.45) is 5.94. The van der Waals surface area contributed by atoms with E-state index in [2.05, 4.69) is 0 Å². The van der Waals surface area contributed by atoms with E-state index in [-0.39, 0.29) is 11.8 Å². The quantitative estimate of drug-likeness (QED) is 0.302. The molecule has 1 aliphatic rings. The van der Waals surface area contributed by atoms with Crippen molar-refractivity contribution in [2.24, 2.45) is 11.7 Å². The minimum Gasteiger partial charge on any atom is -0.594 e. The lowest BCUT2D eigenvalue weighted by molar-refractivity contribution is 0.425. The molecule has 1 rings (SSSR count). The van der Waals surface area contributed by atoms with Crippen LogP contribution in [0, 0.1) is 11.3 Å². The summed E-state index contributed by atoms with van der Waals surface area (Å²) in [6, 6.07) is 0. The van der Waals surface area contributed by atoms with Crippen LogP contribution in [0.25, 0.3) is 0 Å². The molecule has 5 N–H and O–H groups in total. The van der Waals surface area contributed by atoms with E-state index < -0.39 is 0 Å². The van der Waals surface area contributed by atoms with E-state index in [9.17, 15) is 0 Å². The van der Waals surface area contributed by atoms with Crippen LogP contribution in [0.4, 0.5) is 0 Å². The number of amidine groups is 1. The zero-order valence-electron chi connectivity index (χ0n) is 5.59. The van der Waals surface area contributed by atoms with Gasteiger partial charge in [-0.1, -0.05) is 6.08 Å². The van der Waals surface area contributed by atoms with Crippen LogP contribution in [-0.2, 0) is 0 Å². The molecule has 1 atom stereocenters. The summed E-state index contributed by atoms with van der Waals surface area (Å²) < 4.78 is 0. The Balaban J connectivity index is 2.60. The van der Waals surface area contributed by atoms with Crippen molar-refractivity contribution in [1.82, 2.24) is 0 Å². The SMILES string of the molecule is N=C(N)C1C=CC([OH2+])=CC1. The molecule has 0 aromatic carbocycles. The summed E-state index contributed by atoms with van der Waals surface area (Å²) in [6.45, 7) is 0. The van der Waals surface area contributed by atoms with Crippen molar-refractivity contribution in [3.63, 3.8) is 0 Å². The zero-order chi connectivity index (χ0) is 7.56. The van der Waals surface area contributed by atoms with Gasteiger partial charge in [-0.2, -0.15) is 0 Å². The van der Waals surface area contributed by atoms with Crippen molar-refractivity contribution in [1.29, 1.82) is 5.41 Å². The number of hydrogen-bond acceptors (Lipinski definition) is 1. The summed E-state index contributed by atoms with van der Waals surface area (Å²) in [4.78, 5) is 0. The summed E-state index contributed by atoms with van der Waals surface area (Å²) in [5, 5.41) is 14.3. The predicted molar refractivity (Wildman–Crippen MR) is 40.9 cm³/mol. The molecule has 3 nitrogen and oxygen atoms in total. The first-order chi connectivity index (χ1) is 4.70. The Kier molecular flexibility index (Phi) is 1.76. The maximum Gasteiger partial charge on any atom is 0.249 e. The van der Waals surface area contributed by atoms with Crippen molar-refractivity contribution >= 4 is 5.84 Å². The van der Waals surface area contributed by atoms with Crippen molar-refractivity contribution in [3.8, 4) is 0 Å². The van der Waals surface area contributed by atoms with Crippen LogP contribution in [0.3, 0.4) is 0 Å². The van der Waals surface area contributed by atoms with Crippen LogP contribution in [0.2, 0.25) is 0 Å². The molecule has 0 aromatic rings. The van der Waals surface area contributed by atoms with Crippen LogP contribution in [0.1, 0.15) is 6.42 Å². The largest absolute Gasteiger partial charge is 0.594 e. The molecule has 0 radical (unpaired) electrons. The van der Waals surface area contributed by atoms with Crippen LogP contribution in [0.15, 0.2) is 24.0 Å². The molecular formula is C7H11N2O+. The van der Waals surface area contributed by atoms with Gasteiger partial charge in [-0.25, -0.2) is 0 Å². The first kappa shape index (κ1) is 6.86. The maximum atomic E-state index is 7.17. The Bertz CT molecular complexity index is 206. The van der Waals surface area contributed by atoms with Gasteiger partial charge in [0.1, 0.15) is 0 Å². The topological polar surface area (TPSA) is 72.8 Å². The van der Waals surface area contributed by atoms with Crippen molar-refractivity contribution in [3.05, 3.63) is 24.0 Å². The van der Waals surface area contributed by atoms with Gasteiger partial charge in [-0.05, 0) is 6.42 Å². The van der Waals surface area contributed by atoms with Crippen LogP contribution in [-0.4, -0.2) is 10.9 Å². The second-order valence-corrected chi connectivity index (χ2v) is 2.32. The molecule has 1 aliphatic carbocycles. The second kappa shape index (κ2) is 2.56. The Morgan fingerprint density at radius 3 is 2.90 bits per heavy atom. The van der Waals surface area contributed by atoms with Gasteiger partial charge < -0.3 is 10.8 Å². The van der Waals surface area contributed by atoms with Crippen molar-refractivity contribution < 1.29 is 5.11 Å². The normalized spacial score (nSPS) is 24.0. The summed E-state index contributed by atoms with van der Waals surface area (Å²) >= 11 is 0. The fourth-order valence-corrected chi connectivity index (χ4v) is 0.851. The summed E-state index contributed by atoms with van der Waals surface area (Å²) in [5.74, 6) is 0.714. The van der Waals surface area contributed by atoms with E-state index in [1.54, 1.807) is 18.2 Å². The lowest BCUT2D eigenvalue weighted by Gasteiger charge is -2.09. The Labute approximate surface area is 59.4 Å². The number of rotatable bonds is 1. The molecule has 10 heavy (non-hydrogen) atoms. The van der Waals surface area contributed by atoms with E-state index in [4.69, 9.17) is 16.2 Å². The summed E-state index contributed by atoms with van der Waals surface area (Å²) in [7, 11) is 0. The molecule has 3 heteroatoms. The highest BCUT2D eigenvalue weighted by molar-refractivity contribution is 5.81. The Morgan fingerprint density at radius 2 is 2.50 bits per heavy atom. The van der Waals surface area contributed by atoms with Gasteiger partial charge in [0.2, 0.25) is 5.76 Å². The molecule has 0 bridgehead atoms. The average molecular weight is 139 g/mol. The summed E-state index contributed by atoms with van der Waals surface area (Å²) in [5.41, 5.74) is 5.25. The van der Waals surface area contributed by atoms with Gasteiger partial charge in [0, 0.05) is 18.1 Å². The van der Waals surface area contributed by atoms with Gasteiger partial charge in [0.25, 0.3) is 0 Å². The van der Waals surface area contributed by atoms with Crippen molar-refractivity contribution in [2.75, 3.05) is 0 Å². The monoisotopic (exact) mass is 139 g/mol. The van der Waals surface area contributed by atoms with E-state index in [0.717, 1.165) is 0 Å². The first-order valence-corrected chi connectivity index (χ1v) is 3.14. The molecule has 0 saturated carbocycles. The Morgan fingerprint density at radius 1 is 1.80 bits per heavy atom. The lowest BCUT2D eigenvalue weighted by Crippen LogP contribution is -2.21. The predicted octanol–water partition coefficient (Wildman–Crippen LogP) is 0.107. The van der Waals surface area contributed by atoms with E-state index in [1.165, 1.54) is 0 Å². The standard InChI is InChI=1S/C7H10N2O/c8-7(9)5-1-3-6(10)4-2-5/h1,3-5,10H,2H2,(H3,8,9)/p+1. The minimum absolute atomic E-state index is 0.0223. The highest BCUT2D eigenvalue weighted by Gasteiger charge is 2.11. The van der Waals surface area contributed by atoms with E-state index in [0.29, 0.717) is 12.2 Å². The molecule has 0 heterocycles. The number of nitrogens with two attached hydrogens (primary N) is 1. The average Bonchev–Trinajstić information content (AvgIpc) is 1.88. The highest BCUT2D eigenvalue weighted by Crippen LogP contribution is 2.13. The van der Waals surface area contributed by atoms with Gasteiger partial charge in [-0.3, -0.25) is 5.41 Å². The second-order valence-electron chi connectivity index (χ2n) is 2.32. The van der Waals surface area contributed by atoms with Gasteiger partial charge in [0.05, 0.1) is 5.84 Å². The van der Waals surface area contributed by atoms with Gasteiger partial charge in [0.15, 0.2) is 0 Å². The molecule has 1 unspecified atom stereocenters. The molecule has 0 fully saturated rings. The number of nitrogens with one attached hydrogen (secondary N) is 1. The maximum absolute atomic E-state index is 7.17. The fraction of sp³-hybridized carbons (Fsp3) is 0.286. The highest BCUT2D eigenvalue weighted by atomic mass is 16.3.